The first-order chi connectivity index (χ1) is 8.18. The van der Waals surface area contributed by atoms with E-state index >= 15 is 0 Å². The molecule has 1 atom stereocenters. The monoisotopic (exact) mass is 276 g/mol. The first kappa shape index (κ1) is 15.4. The fourth-order valence-corrected chi connectivity index (χ4v) is 3.08. The molecule has 6 heteroatoms. The van der Waals surface area contributed by atoms with Crippen molar-refractivity contribution in [2.24, 2.45) is 5.92 Å². The Morgan fingerprint density at radius 1 is 1.44 bits per heavy atom. The van der Waals surface area contributed by atoms with Gasteiger partial charge in [0.2, 0.25) is 0 Å². The van der Waals surface area contributed by atoms with Gasteiger partial charge in [0, 0.05) is 5.57 Å². The number of rotatable bonds is 4. The summed E-state index contributed by atoms with van der Waals surface area (Å²) in [6.07, 6.45) is 2.93. The zero-order valence-electron chi connectivity index (χ0n) is 11.1. The Morgan fingerprint density at radius 2 is 1.94 bits per heavy atom. The SMILES string of the molecule is C=C(C)C(=O)OOP(=O)(O)C1(C)CCC(C)CC1. The van der Waals surface area contributed by atoms with E-state index in [0.29, 0.717) is 18.8 Å². The van der Waals surface area contributed by atoms with Gasteiger partial charge in [-0.2, -0.15) is 0 Å². The van der Waals surface area contributed by atoms with Crippen molar-refractivity contribution in [3.8, 4) is 0 Å². The third kappa shape index (κ3) is 3.44. The van der Waals surface area contributed by atoms with Gasteiger partial charge in [-0.1, -0.05) is 18.2 Å². The van der Waals surface area contributed by atoms with Crippen molar-refractivity contribution in [1.29, 1.82) is 0 Å². The van der Waals surface area contributed by atoms with Gasteiger partial charge >= 0.3 is 13.6 Å². The molecule has 18 heavy (non-hydrogen) atoms. The van der Waals surface area contributed by atoms with Crippen LogP contribution in [-0.4, -0.2) is 16.0 Å². The summed E-state index contributed by atoms with van der Waals surface area (Å²) in [6, 6.07) is 0. The van der Waals surface area contributed by atoms with Gasteiger partial charge in [-0.15, -0.1) is 0 Å². The fourth-order valence-electron chi connectivity index (χ4n) is 1.91. The van der Waals surface area contributed by atoms with E-state index in [2.05, 4.69) is 23.1 Å². The highest BCUT2D eigenvalue weighted by Crippen LogP contribution is 2.61. The molecule has 104 valence electrons. The third-order valence-corrected chi connectivity index (χ3v) is 5.68. The Hall–Kier alpha value is -0.640. The van der Waals surface area contributed by atoms with Crippen molar-refractivity contribution in [1.82, 2.24) is 0 Å². The van der Waals surface area contributed by atoms with Crippen molar-refractivity contribution in [3.05, 3.63) is 12.2 Å². The van der Waals surface area contributed by atoms with Crippen LogP contribution in [0.5, 0.6) is 0 Å². The molecular weight excluding hydrogens is 255 g/mol. The summed E-state index contributed by atoms with van der Waals surface area (Å²) < 4.78 is 16.7. The van der Waals surface area contributed by atoms with Crippen molar-refractivity contribution < 1.29 is 23.8 Å². The molecule has 1 aliphatic carbocycles. The highest BCUT2D eigenvalue weighted by molar-refractivity contribution is 7.54. The zero-order chi connectivity index (χ0) is 14.0. The van der Waals surface area contributed by atoms with Gasteiger partial charge in [0.25, 0.3) is 0 Å². The van der Waals surface area contributed by atoms with Gasteiger partial charge in [-0.05, 0) is 45.4 Å². The number of carbonyl (C=O) groups excluding carboxylic acids is 1. The van der Waals surface area contributed by atoms with E-state index in [-0.39, 0.29) is 5.57 Å². The normalized spacial score (nSPS) is 31.4. The van der Waals surface area contributed by atoms with E-state index in [4.69, 9.17) is 0 Å². The third-order valence-electron chi connectivity index (χ3n) is 3.60. The minimum absolute atomic E-state index is 0.123. The second-order valence-electron chi connectivity index (χ2n) is 5.43. The van der Waals surface area contributed by atoms with Crippen LogP contribution in [0.25, 0.3) is 0 Å². The van der Waals surface area contributed by atoms with Gasteiger partial charge in [0.1, 0.15) is 0 Å². The summed E-state index contributed by atoms with van der Waals surface area (Å²) in [5.74, 6) is -0.270. The van der Waals surface area contributed by atoms with E-state index < -0.39 is 18.7 Å². The molecule has 0 saturated heterocycles. The Labute approximate surface area is 108 Å². The molecule has 0 aromatic rings. The molecule has 5 nitrogen and oxygen atoms in total. The smallest absolute Gasteiger partial charge is 0.322 e. The van der Waals surface area contributed by atoms with Crippen molar-refractivity contribution >= 4 is 13.6 Å². The van der Waals surface area contributed by atoms with E-state index in [0.717, 1.165) is 12.8 Å². The summed E-state index contributed by atoms with van der Waals surface area (Å²) in [5, 5.41) is -0.838. The average Bonchev–Trinajstić information content (AvgIpc) is 2.29. The average molecular weight is 276 g/mol. The number of hydrogen-bond acceptors (Lipinski definition) is 4. The van der Waals surface area contributed by atoms with Gasteiger partial charge in [0.05, 0.1) is 5.16 Å². The highest BCUT2D eigenvalue weighted by Gasteiger charge is 2.48. The minimum Gasteiger partial charge on any atom is -0.322 e. The predicted octanol–water partition coefficient (Wildman–Crippen LogP) is 3.19. The highest BCUT2D eigenvalue weighted by atomic mass is 31.2. The Morgan fingerprint density at radius 3 is 2.39 bits per heavy atom. The number of hydrogen-bond donors (Lipinski definition) is 1. The molecule has 0 bridgehead atoms. The maximum atomic E-state index is 12.2. The summed E-state index contributed by atoms with van der Waals surface area (Å²) in [4.78, 5) is 25.5. The van der Waals surface area contributed by atoms with Crippen molar-refractivity contribution in [3.63, 3.8) is 0 Å². The molecule has 0 radical (unpaired) electrons. The van der Waals surface area contributed by atoms with Crippen molar-refractivity contribution in [2.75, 3.05) is 0 Å². The molecule has 0 heterocycles. The van der Waals surface area contributed by atoms with Crippen LogP contribution in [0, 0.1) is 5.92 Å². The van der Waals surface area contributed by atoms with Crippen LogP contribution < -0.4 is 0 Å². The Balaban J connectivity index is 2.65. The molecule has 0 aromatic heterocycles. The van der Waals surface area contributed by atoms with Gasteiger partial charge in [-0.25, -0.2) is 4.79 Å². The maximum absolute atomic E-state index is 12.2. The van der Waals surface area contributed by atoms with E-state index in [1.54, 1.807) is 6.92 Å². The minimum atomic E-state index is -3.98. The van der Waals surface area contributed by atoms with Crippen LogP contribution in [0.3, 0.4) is 0 Å². The Bertz CT molecular complexity index is 382. The molecule has 1 saturated carbocycles. The van der Waals surface area contributed by atoms with Crippen LogP contribution >= 0.6 is 7.60 Å². The summed E-state index contributed by atoms with van der Waals surface area (Å²) >= 11 is 0. The van der Waals surface area contributed by atoms with Crippen molar-refractivity contribution in [2.45, 2.75) is 51.6 Å². The lowest BCUT2D eigenvalue weighted by Gasteiger charge is -2.37. The quantitative estimate of drug-likeness (QED) is 0.369. The van der Waals surface area contributed by atoms with E-state index in [9.17, 15) is 14.3 Å². The van der Waals surface area contributed by atoms with E-state index in [1.807, 2.05) is 0 Å². The molecule has 0 aliphatic heterocycles. The second-order valence-corrected chi connectivity index (χ2v) is 7.70. The standard InChI is InChI=1S/C12H21O5P/c1-9(2)11(13)16-17-18(14,15)12(4)7-5-10(3)6-8-12/h10H,1,5-8H2,2-4H3,(H,14,15). The largest absolute Gasteiger partial charge is 0.372 e. The first-order valence-corrected chi connectivity index (χ1v) is 7.65. The molecule has 1 unspecified atom stereocenters. The van der Waals surface area contributed by atoms with E-state index in [1.165, 1.54) is 6.92 Å². The molecule has 1 N–H and O–H groups in total. The van der Waals surface area contributed by atoms with Crippen LogP contribution in [0.1, 0.15) is 46.5 Å². The Kier molecular flexibility index (Phi) is 4.76. The molecule has 1 rings (SSSR count). The van der Waals surface area contributed by atoms with Crippen LogP contribution in [0.2, 0.25) is 0 Å². The zero-order valence-corrected chi connectivity index (χ0v) is 12.0. The molecule has 1 aliphatic rings. The summed E-state index contributed by atoms with van der Waals surface area (Å²) in [6.45, 7) is 8.63. The van der Waals surface area contributed by atoms with Crippen LogP contribution in [0.15, 0.2) is 12.2 Å². The summed E-state index contributed by atoms with van der Waals surface area (Å²) in [5.41, 5.74) is 0.123. The lowest BCUT2D eigenvalue weighted by molar-refractivity contribution is -0.213. The van der Waals surface area contributed by atoms with Gasteiger partial charge < -0.3 is 4.89 Å². The number of carbonyl (C=O) groups is 1. The van der Waals surface area contributed by atoms with Crippen LogP contribution in [-0.2, 0) is 18.9 Å². The maximum Gasteiger partial charge on any atom is 0.372 e. The lowest BCUT2D eigenvalue weighted by Crippen LogP contribution is -2.31. The fraction of sp³-hybridized carbons (Fsp3) is 0.750. The van der Waals surface area contributed by atoms with Gasteiger partial charge in [0.15, 0.2) is 0 Å². The van der Waals surface area contributed by atoms with Crippen LogP contribution in [0.4, 0.5) is 0 Å². The summed E-state index contributed by atoms with van der Waals surface area (Å²) in [7, 11) is -3.98. The molecule has 0 amide bonds. The molecule has 0 aromatic carbocycles. The first-order valence-electron chi connectivity index (χ1n) is 6.07. The second kappa shape index (κ2) is 5.55. The molecule has 1 fully saturated rings. The van der Waals surface area contributed by atoms with Gasteiger partial charge in [-0.3, -0.25) is 9.45 Å². The lowest BCUT2D eigenvalue weighted by atomic mass is 9.83. The predicted molar refractivity (Wildman–Crippen MR) is 67.9 cm³/mol. The molecule has 0 spiro atoms. The molecular formula is C12H21O5P. The topological polar surface area (TPSA) is 72.8 Å².